The quantitative estimate of drug-likeness (QED) is 0.734. The smallest absolute Gasteiger partial charge is 0.185 e. The first kappa shape index (κ1) is 16.9. The van der Waals surface area contributed by atoms with Gasteiger partial charge in [-0.2, -0.15) is 5.10 Å². The van der Waals surface area contributed by atoms with E-state index < -0.39 is 0 Å². The minimum absolute atomic E-state index is 0.351. The molecule has 5 rings (SSSR count). The van der Waals surface area contributed by atoms with Crippen molar-refractivity contribution in [1.29, 1.82) is 0 Å². The van der Waals surface area contributed by atoms with Crippen LogP contribution in [0.5, 0.6) is 0 Å². The van der Waals surface area contributed by atoms with Crippen molar-refractivity contribution >= 4 is 16.5 Å². The van der Waals surface area contributed by atoms with Gasteiger partial charge in [-0.1, -0.05) is 6.07 Å². The number of anilines is 1. The minimum atomic E-state index is 0.351. The van der Waals surface area contributed by atoms with Crippen LogP contribution >= 0.6 is 11.3 Å². The normalized spacial score (nSPS) is 19.4. The molecule has 1 aliphatic carbocycles. The molecule has 1 aliphatic heterocycles. The van der Waals surface area contributed by atoms with E-state index in [2.05, 4.69) is 25.3 Å². The molecule has 1 N–H and O–H groups in total. The lowest BCUT2D eigenvalue weighted by atomic mass is 9.93. The lowest BCUT2D eigenvalue weighted by Gasteiger charge is -2.24. The van der Waals surface area contributed by atoms with Crippen molar-refractivity contribution in [3.05, 3.63) is 52.9 Å². The maximum absolute atomic E-state index is 4.63. The molecule has 3 aromatic rings. The van der Waals surface area contributed by atoms with Gasteiger partial charge in [0.25, 0.3) is 0 Å². The molecule has 1 fully saturated rings. The predicted octanol–water partition coefficient (Wildman–Crippen LogP) is 3.49. The second-order valence-electron chi connectivity index (χ2n) is 7.28. The number of rotatable bonds is 5. The van der Waals surface area contributed by atoms with Crippen LogP contribution in [0.3, 0.4) is 0 Å². The van der Waals surface area contributed by atoms with Crippen molar-refractivity contribution in [1.82, 2.24) is 25.1 Å². The highest BCUT2D eigenvalue weighted by Gasteiger charge is 2.25. The zero-order valence-electron chi connectivity index (χ0n) is 15.3. The molecule has 0 spiro atoms. The molecule has 1 saturated heterocycles. The van der Waals surface area contributed by atoms with Crippen molar-refractivity contribution in [3.8, 4) is 5.82 Å². The zero-order chi connectivity index (χ0) is 18.1. The Morgan fingerprint density at radius 3 is 2.89 bits per heavy atom. The number of hydrogen-bond acceptors (Lipinski definition) is 6. The summed E-state index contributed by atoms with van der Waals surface area (Å²) >= 11 is 1.82. The van der Waals surface area contributed by atoms with E-state index in [9.17, 15) is 0 Å². The molecule has 0 amide bonds. The number of pyridine rings is 1. The first-order valence-electron chi connectivity index (χ1n) is 9.80. The Morgan fingerprint density at radius 2 is 2.04 bits per heavy atom. The second-order valence-corrected chi connectivity index (χ2v) is 8.37. The van der Waals surface area contributed by atoms with E-state index in [1.165, 1.54) is 40.5 Å². The van der Waals surface area contributed by atoms with Gasteiger partial charge < -0.3 is 10.2 Å². The molecule has 0 unspecified atom stereocenters. The number of nitrogens with one attached hydrogen (secondary N) is 1. The van der Waals surface area contributed by atoms with Crippen LogP contribution in [-0.2, 0) is 13.0 Å². The number of thiazole rings is 1. The Bertz CT molecular complexity index is 896. The summed E-state index contributed by atoms with van der Waals surface area (Å²) in [7, 11) is 0. The molecule has 0 aromatic carbocycles. The van der Waals surface area contributed by atoms with Crippen molar-refractivity contribution in [3.63, 3.8) is 0 Å². The van der Waals surface area contributed by atoms with E-state index in [4.69, 9.17) is 0 Å². The van der Waals surface area contributed by atoms with E-state index in [1.54, 1.807) is 0 Å². The predicted molar refractivity (Wildman–Crippen MR) is 107 cm³/mol. The third-order valence-corrected chi connectivity index (χ3v) is 6.55. The molecule has 1 atom stereocenters. The van der Waals surface area contributed by atoms with Crippen LogP contribution in [0.15, 0.2) is 36.8 Å². The highest BCUT2D eigenvalue weighted by Crippen LogP contribution is 2.32. The fourth-order valence-electron chi connectivity index (χ4n) is 4.10. The van der Waals surface area contributed by atoms with Gasteiger partial charge in [-0.15, -0.1) is 11.3 Å². The van der Waals surface area contributed by atoms with Crippen molar-refractivity contribution in [2.75, 3.05) is 18.0 Å². The molecule has 0 bridgehead atoms. The summed E-state index contributed by atoms with van der Waals surface area (Å²) in [4.78, 5) is 12.8. The summed E-state index contributed by atoms with van der Waals surface area (Å²) in [5.74, 6) is 0.900. The fourth-order valence-corrected chi connectivity index (χ4v) is 5.02. The summed E-state index contributed by atoms with van der Waals surface area (Å²) in [6.07, 6.45) is 11.8. The Hall–Kier alpha value is -2.25. The van der Waals surface area contributed by atoms with E-state index in [0.29, 0.717) is 6.04 Å². The minimum Gasteiger partial charge on any atom is -0.348 e. The standard InChI is InChI=1S/C20H24N6S/c1-2-9-21-19(8-1)26-18-7-5-6-17(16(18)14-24-26)22-12-15-13-23-20(27-15)25-10-3-4-11-25/h1-2,8-9,13-14,17,22H,3-7,10-12H2/t17-/m0/s1. The largest absolute Gasteiger partial charge is 0.348 e. The van der Waals surface area contributed by atoms with Crippen LogP contribution in [0.4, 0.5) is 5.13 Å². The molecular formula is C20H24N6S. The van der Waals surface area contributed by atoms with E-state index in [-0.39, 0.29) is 0 Å². The Morgan fingerprint density at radius 1 is 1.11 bits per heavy atom. The molecule has 0 saturated carbocycles. The number of nitrogens with zero attached hydrogens (tertiary/aromatic N) is 5. The molecule has 140 valence electrons. The van der Waals surface area contributed by atoms with Crippen LogP contribution in [0, 0.1) is 0 Å². The van der Waals surface area contributed by atoms with Crippen LogP contribution in [0.2, 0.25) is 0 Å². The van der Waals surface area contributed by atoms with Gasteiger partial charge in [0.15, 0.2) is 10.9 Å². The molecular weight excluding hydrogens is 356 g/mol. The first-order chi connectivity index (χ1) is 13.4. The maximum Gasteiger partial charge on any atom is 0.185 e. The summed E-state index contributed by atoms with van der Waals surface area (Å²) < 4.78 is 2.00. The van der Waals surface area contributed by atoms with Crippen molar-refractivity contribution in [2.24, 2.45) is 0 Å². The number of aromatic nitrogens is 4. The molecule has 6 nitrogen and oxygen atoms in total. The Balaban J connectivity index is 1.30. The lowest BCUT2D eigenvalue weighted by Crippen LogP contribution is -2.24. The highest BCUT2D eigenvalue weighted by molar-refractivity contribution is 7.15. The average molecular weight is 381 g/mol. The average Bonchev–Trinajstić information content (AvgIpc) is 3.47. The molecule has 7 heteroatoms. The van der Waals surface area contributed by atoms with Gasteiger partial charge in [0, 0.05) is 48.5 Å². The molecule has 27 heavy (non-hydrogen) atoms. The van der Waals surface area contributed by atoms with E-state index in [0.717, 1.165) is 38.3 Å². The molecule has 2 aliphatic rings. The van der Waals surface area contributed by atoms with Gasteiger partial charge >= 0.3 is 0 Å². The number of hydrogen-bond donors (Lipinski definition) is 1. The lowest BCUT2D eigenvalue weighted by molar-refractivity contribution is 0.456. The van der Waals surface area contributed by atoms with Crippen molar-refractivity contribution < 1.29 is 0 Å². The fraction of sp³-hybridized carbons (Fsp3) is 0.450. The summed E-state index contributed by atoms with van der Waals surface area (Å²) in [5, 5.41) is 9.55. The second kappa shape index (κ2) is 7.40. The van der Waals surface area contributed by atoms with E-state index in [1.807, 2.05) is 52.8 Å². The highest BCUT2D eigenvalue weighted by atomic mass is 32.1. The summed E-state index contributed by atoms with van der Waals surface area (Å²) in [6, 6.07) is 6.32. The topological polar surface area (TPSA) is 58.9 Å². The summed E-state index contributed by atoms with van der Waals surface area (Å²) in [6.45, 7) is 3.17. The van der Waals surface area contributed by atoms with Crippen LogP contribution in [0.25, 0.3) is 5.82 Å². The Labute approximate surface area is 163 Å². The van der Waals surface area contributed by atoms with Crippen LogP contribution in [0.1, 0.15) is 47.9 Å². The van der Waals surface area contributed by atoms with E-state index >= 15 is 0 Å². The summed E-state index contributed by atoms with van der Waals surface area (Å²) in [5.41, 5.74) is 2.61. The van der Waals surface area contributed by atoms with Gasteiger partial charge in [0.2, 0.25) is 0 Å². The maximum atomic E-state index is 4.63. The molecule has 3 aromatic heterocycles. The monoisotopic (exact) mass is 380 g/mol. The van der Waals surface area contributed by atoms with Crippen molar-refractivity contribution in [2.45, 2.75) is 44.7 Å². The van der Waals surface area contributed by atoms with Gasteiger partial charge in [0.1, 0.15) is 0 Å². The van der Waals surface area contributed by atoms with Gasteiger partial charge in [-0.3, -0.25) is 0 Å². The van der Waals surface area contributed by atoms with Gasteiger partial charge in [-0.25, -0.2) is 14.6 Å². The third kappa shape index (κ3) is 3.37. The zero-order valence-corrected chi connectivity index (χ0v) is 16.2. The molecule has 4 heterocycles. The first-order valence-corrected chi connectivity index (χ1v) is 10.6. The third-order valence-electron chi connectivity index (χ3n) is 5.49. The molecule has 0 radical (unpaired) electrons. The SMILES string of the molecule is c1ccc(-n2ncc3c2CCC[C@@H]3NCc2cnc(N3CCCC3)s2)nc1. The Kier molecular flexibility index (Phi) is 4.63. The van der Waals surface area contributed by atoms with Crippen LogP contribution in [-0.4, -0.2) is 32.8 Å². The van der Waals surface area contributed by atoms with Crippen LogP contribution < -0.4 is 10.2 Å². The number of fused-ring (bicyclic) bond motifs is 1. The van der Waals surface area contributed by atoms with Gasteiger partial charge in [-0.05, 0) is 44.2 Å². The van der Waals surface area contributed by atoms with Gasteiger partial charge in [0.05, 0.1) is 11.9 Å².